The maximum atomic E-state index is 8.95. The van der Waals surface area contributed by atoms with Crippen LogP contribution in [0.2, 0.25) is 0 Å². The van der Waals surface area contributed by atoms with E-state index >= 15 is 0 Å². The summed E-state index contributed by atoms with van der Waals surface area (Å²) in [6, 6.07) is 3.54. The Hall–Kier alpha value is -0.865. The van der Waals surface area contributed by atoms with Crippen molar-refractivity contribution in [2.45, 2.75) is 26.7 Å². The summed E-state index contributed by atoms with van der Waals surface area (Å²) >= 11 is 0. The van der Waals surface area contributed by atoms with Gasteiger partial charge in [-0.3, -0.25) is 4.98 Å². The highest BCUT2D eigenvalue weighted by molar-refractivity contribution is 6.59. The molecule has 0 bridgehead atoms. The normalized spacial score (nSPS) is 10.6. The zero-order valence-electron chi connectivity index (χ0n) is 8.15. The van der Waals surface area contributed by atoms with Crippen molar-refractivity contribution >= 4 is 12.6 Å². The fourth-order valence-electron chi connectivity index (χ4n) is 1.19. The fourth-order valence-corrected chi connectivity index (χ4v) is 1.19. The lowest BCUT2D eigenvalue weighted by Gasteiger charge is -2.08. The summed E-state index contributed by atoms with van der Waals surface area (Å²) < 4.78 is 0. The predicted octanol–water partition coefficient (Wildman–Crippen LogP) is 0.193. The Bertz CT molecular complexity index is 300. The van der Waals surface area contributed by atoms with Crippen molar-refractivity contribution in [2.75, 3.05) is 0 Å². The summed E-state index contributed by atoms with van der Waals surface area (Å²) in [6.45, 7) is 5.88. The minimum atomic E-state index is -1.42. The Balaban J connectivity index is 3.06. The molecule has 0 aliphatic heterocycles. The molecule has 0 amide bonds. The maximum Gasteiger partial charge on any atom is 0.490 e. The zero-order chi connectivity index (χ0) is 10.0. The highest BCUT2D eigenvalue weighted by atomic mass is 16.4. The van der Waals surface area contributed by atoms with Crippen LogP contribution in [-0.4, -0.2) is 22.2 Å². The van der Waals surface area contributed by atoms with Crippen molar-refractivity contribution in [3.05, 3.63) is 23.5 Å². The molecule has 3 nitrogen and oxygen atoms in total. The molecule has 1 aromatic rings. The summed E-state index contributed by atoms with van der Waals surface area (Å²) in [7, 11) is -1.42. The Morgan fingerprint density at radius 2 is 1.92 bits per heavy atom. The van der Waals surface area contributed by atoms with E-state index in [0.29, 0.717) is 17.1 Å². The Morgan fingerprint density at radius 3 is 2.31 bits per heavy atom. The van der Waals surface area contributed by atoms with Crippen LogP contribution in [0.15, 0.2) is 12.1 Å². The molecule has 13 heavy (non-hydrogen) atoms. The van der Waals surface area contributed by atoms with E-state index in [9.17, 15) is 0 Å². The first-order valence-electron chi connectivity index (χ1n) is 4.36. The van der Waals surface area contributed by atoms with Gasteiger partial charge in [-0.2, -0.15) is 0 Å². The van der Waals surface area contributed by atoms with Crippen molar-refractivity contribution in [1.29, 1.82) is 0 Å². The number of aromatic nitrogens is 1. The zero-order valence-corrected chi connectivity index (χ0v) is 8.15. The Kier molecular flexibility index (Phi) is 3.06. The van der Waals surface area contributed by atoms with Crippen LogP contribution in [0, 0.1) is 6.92 Å². The molecule has 0 saturated carbocycles. The molecule has 70 valence electrons. The molecule has 4 heteroatoms. The smallest absolute Gasteiger partial charge is 0.423 e. The predicted molar refractivity (Wildman–Crippen MR) is 52.9 cm³/mol. The highest BCUT2D eigenvalue weighted by Crippen LogP contribution is 2.10. The summed E-state index contributed by atoms with van der Waals surface area (Å²) in [4.78, 5) is 4.27. The summed E-state index contributed by atoms with van der Waals surface area (Å²) in [5, 5.41) is 17.9. The molecule has 0 radical (unpaired) electrons. The van der Waals surface area contributed by atoms with Gasteiger partial charge >= 0.3 is 7.12 Å². The third-order valence-electron chi connectivity index (χ3n) is 2.02. The third-order valence-corrected chi connectivity index (χ3v) is 2.02. The Morgan fingerprint density at radius 1 is 1.31 bits per heavy atom. The van der Waals surface area contributed by atoms with E-state index in [1.807, 2.05) is 6.07 Å². The van der Waals surface area contributed by atoms with Crippen LogP contribution in [0.25, 0.3) is 0 Å². The van der Waals surface area contributed by atoms with E-state index in [1.54, 1.807) is 13.0 Å². The first kappa shape index (κ1) is 10.2. The summed E-state index contributed by atoms with van der Waals surface area (Å²) in [6.07, 6.45) is 0. The summed E-state index contributed by atoms with van der Waals surface area (Å²) in [5.41, 5.74) is 2.13. The molecule has 0 aromatic carbocycles. The van der Waals surface area contributed by atoms with Crippen LogP contribution in [0.4, 0.5) is 0 Å². The van der Waals surface area contributed by atoms with E-state index in [0.717, 1.165) is 5.69 Å². The second kappa shape index (κ2) is 3.90. The van der Waals surface area contributed by atoms with Gasteiger partial charge in [-0.15, -0.1) is 0 Å². The fraction of sp³-hybridized carbons (Fsp3) is 0.444. The van der Waals surface area contributed by atoms with Gasteiger partial charge in [-0.1, -0.05) is 19.9 Å². The van der Waals surface area contributed by atoms with Crippen molar-refractivity contribution in [1.82, 2.24) is 4.98 Å². The highest BCUT2D eigenvalue weighted by Gasteiger charge is 2.15. The summed E-state index contributed by atoms with van der Waals surface area (Å²) in [5.74, 6) is 0.364. The van der Waals surface area contributed by atoms with Crippen molar-refractivity contribution < 1.29 is 10.0 Å². The number of hydrogen-bond acceptors (Lipinski definition) is 3. The lowest BCUT2D eigenvalue weighted by molar-refractivity contribution is 0.425. The van der Waals surface area contributed by atoms with E-state index in [-0.39, 0.29) is 0 Å². The quantitative estimate of drug-likeness (QED) is 0.637. The molecule has 0 unspecified atom stereocenters. The topological polar surface area (TPSA) is 53.4 Å². The van der Waals surface area contributed by atoms with Gasteiger partial charge in [0, 0.05) is 16.9 Å². The van der Waals surface area contributed by atoms with Gasteiger partial charge in [-0.05, 0) is 18.9 Å². The van der Waals surface area contributed by atoms with Gasteiger partial charge in [-0.25, -0.2) is 0 Å². The van der Waals surface area contributed by atoms with Gasteiger partial charge in [0.15, 0.2) is 0 Å². The monoisotopic (exact) mass is 179 g/mol. The van der Waals surface area contributed by atoms with Crippen molar-refractivity contribution in [2.24, 2.45) is 0 Å². The first-order chi connectivity index (χ1) is 6.02. The van der Waals surface area contributed by atoms with Crippen LogP contribution >= 0.6 is 0 Å². The van der Waals surface area contributed by atoms with Crippen LogP contribution < -0.4 is 5.46 Å². The second-order valence-electron chi connectivity index (χ2n) is 3.44. The van der Waals surface area contributed by atoms with E-state index in [1.165, 1.54) is 0 Å². The van der Waals surface area contributed by atoms with Gasteiger partial charge in [0.25, 0.3) is 0 Å². The van der Waals surface area contributed by atoms with Gasteiger partial charge in [0.05, 0.1) is 0 Å². The first-order valence-corrected chi connectivity index (χ1v) is 4.36. The lowest BCUT2D eigenvalue weighted by atomic mass is 9.79. The molecule has 0 spiro atoms. The molecular formula is C9H14BNO2. The largest absolute Gasteiger partial charge is 0.490 e. The van der Waals surface area contributed by atoms with E-state index in [4.69, 9.17) is 10.0 Å². The van der Waals surface area contributed by atoms with Gasteiger partial charge < -0.3 is 10.0 Å². The average Bonchev–Trinajstić information content (AvgIpc) is 2.03. The molecule has 1 aromatic heterocycles. The standard InChI is InChI=1S/C9H14BNO2/c1-6(2)9-5-4-8(10(12)13)7(3)11-9/h4-6,12-13H,1-3H3. The maximum absolute atomic E-state index is 8.95. The van der Waals surface area contributed by atoms with Crippen molar-refractivity contribution in [3.8, 4) is 0 Å². The number of pyridine rings is 1. The molecule has 2 N–H and O–H groups in total. The molecule has 0 atom stereocenters. The number of hydrogen-bond donors (Lipinski definition) is 2. The average molecular weight is 179 g/mol. The van der Waals surface area contributed by atoms with Gasteiger partial charge in [0.2, 0.25) is 0 Å². The SMILES string of the molecule is Cc1nc(C(C)C)ccc1B(O)O. The van der Waals surface area contributed by atoms with Crippen LogP contribution in [0.1, 0.15) is 31.2 Å². The van der Waals surface area contributed by atoms with Crippen LogP contribution in [0.3, 0.4) is 0 Å². The van der Waals surface area contributed by atoms with Gasteiger partial charge in [0.1, 0.15) is 0 Å². The number of aryl methyl sites for hydroxylation is 1. The van der Waals surface area contributed by atoms with Crippen LogP contribution in [0.5, 0.6) is 0 Å². The number of nitrogens with zero attached hydrogens (tertiary/aromatic N) is 1. The Labute approximate surface area is 78.6 Å². The lowest BCUT2D eigenvalue weighted by Crippen LogP contribution is -2.33. The second-order valence-corrected chi connectivity index (χ2v) is 3.44. The van der Waals surface area contributed by atoms with E-state index < -0.39 is 7.12 Å². The molecular weight excluding hydrogens is 165 g/mol. The van der Waals surface area contributed by atoms with Crippen LogP contribution in [-0.2, 0) is 0 Å². The molecule has 1 heterocycles. The van der Waals surface area contributed by atoms with E-state index in [2.05, 4.69) is 18.8 Å². The number of rotatable bonds is 2. The third kappa shape index (κ3) is 2.29. The molecule has 0 fully saturated rings. The minimum Gasteiger partial charge on any atom is -0.423 e. The molecule has 0 aliphatic rings. The molecule has 1 rings (SSSR count). The molecule has 0 saturated heterocycles. The van der Waals surface area contributed by atoms with Crippen molar-refractivity contribution in [3.63, 3.8) is 0 Å². The molecule has 0 aliphatic carbocycles. The minimum absolute atomic E-state index is 0.364.